The fourth-order valence-electron chi connectivity index (χ4n) is 4.47. The highest BCUT2D eigenvalue weighted by Crippen LogP contribution is 2.37. The van der Waals surface area contributed by atoms with Crippen molar-refractivity contribution in [3.05, 3.63) is 69.7 Å². The number of benzene rings is 1. The zero-order valence-electron chi connectivity index (χ0n) is 19.7. The molecule has 11 heteroatoms. The average molecular weight is 538 g/mol. The highest BCUT2D eigenvalue weighted by atomic mass is 35.5. The summed E-state index contributed by atoms with van der Waals surface area (Å²) in [5.41, 5.74) is 2.11. The Morgan fingerprint density at radius 3 is 2.70 bits per heavy atom. The molecule has 1 saturated heterocycles. The van der Waals surface area contributed by atoms with Crippen molar-refractivity contribution in [3.8, 4) is 23.1 Å². The predicted molar refractivity (Wildman–Crippen MR) is 137 cm³/mol. The van der Waals surface area contributed by atoms with Gasteiger partial charge in [-0.15, -0.1) is 0 Å². The molecule has 2 atom stereocenters. The fraction of sp³-hybridized carbons (Fsp3) is 0.269. The summed E-state index contributed by atoms with van der Waals surface area (Å²) in [6.45, 7) is 2.48. The van der Waals surface area contributed by atoms with Crippen LogP contribution in [0.3, 0.4) is 0 Å². The molecule has 0 spiro atoms. The molecular formula is C26H21Cl2N5O4. The first-order valence-electron chi connectivity index (χ1n) is 11.6. The van der Waals surface area contributed by atoms with Crippen LogP contribution in [0.15, 0.2) is 42.9 Å². The molecule has 5 rings (SSSR count). The van der Waals surface area contributed by atoms with Crippen LogP contribution in [0.1, 0.15) is 60.1 Å². The summed E-state index contributed by atoms with van der Waals surface area (Å²) in [5.74, 6) is -0.725. The highest BCUT2D eigenvalue weighted by molar-refractivity contribution is 6.35. The quantitative estimate of drug-likeness (QED) is 0.307. The van der Waals surface area contributed by atoms with Gasteiger partial charge in [0.25, 0.3) is 0 Å². The molecule has 4 aromatic rings. The van der Waals surface area contributed by atoms with E-state index in [1.54, 1.807) is 0 Å². The van der Waals surface area contributed by atoms with Crippen LogP contribution < -0.4 is 4.74 Å². The molecule has 1 aliphatic rings. The molecule has 37 heavy (non-hydrogen) atoms. The molecule has 3 aromatic heterocycles. The number of nitrogens with zero attached hydrogens (tertiary/aromatic N) is 5. The van der Waals surface area contributed by atoms with Crippen molar-refractivity contribution in [2.75, 3.05) is 6.61 Å². The van der Waals surface area contributed by atoms with Gasteiger partial charge in [0.15, 0.2) is 11.9 Å². The van der Waals surface area contributed by atoms with Gasteiger partial charge in [0.1, 0.15) is 23.6 Å². The first kappa shape index (κ1) is 25.0. The number of halogens is 2. The summed E-state index contributed by atoms with van der Waals surface area (Å²) in [7, 11) is 0. The largest absolute Gasteiger partial charge is 0.486 e. The SMILES string of the molecule is C[C@@H](Oc1ccc2c(c1)c(-c1cnc(C(=O)O)c(C#N)c1)nn2C1CCCCO1)c1c(Cl)cncc1Cl. The van der Waals surface area contributed by atoms with Crippen LogP contribution in [-0.4, -0.2) is 37.4 Å². The summed E-state index contributed by atoms with van der Waals surface area (Å²) >= 11 is 12.6. The van der Waals surface area contributed by atoms with Crippen molar-refractivity contribution in [2.24, 2.45) is 0 Å². The Morgan fingerprint density at radius 1 is 1.24 bits per heavy atom. The smallest absolute Gasteiger partial charge is 0.355 e. The van der Waals surface area contributed by atoms with Crippen molar-refractivity contribution in [1.82, 2.24) is 19.7 Å². The van der Waals surface area contributed by atoms with E-state index in [1.165, 1.54) is 24.7 Å². The maximum Gasteiger partial charge on any atom is 0.355 e. The number of pyridine rings is 2. The van der Waals surface area contributed by atoms with Crippen LogP contribution in [0.2, 0.25) is 10.0 Å². The molecule has 9 nitrogen and oxygen atoms in total. The summed E-state index contributed by atoms with van der Waals surface area (Å²) in [5, 5.41) is 25.2. The van der Waals surface area contributed by atoms with Crippen molar-refractivity contribution in [3.63, 3.8) is 0 Å². The molecule has 0 amide bonds. The number of aromatic nitrogens is 4. The van der Waals surface area contributed by atoms with E-state index in [9.17, 15) is 15.2 Å². The second kappa shape index (κ2) is 10.3. The number of carboxylic acid groups (broad SMARTS) is 1. The van der Waals surface area contributed by atoms with Crippen molar-refractivity contribution in [1.29, 1.82) is 5.26 Å². The summed E-state index contributed by atoms with van der Waals surface area (Å²) in [4.78, 5) is 19.5. The first-order valence-corrected chi connectivity index (χ1v) is 12.4. The second-order valence-corrected chi connectivity index (χ2v) is 9.42. The van der Waals surface area contributed by atoms with Crippen LogP contribution in [0.4, 0.5) is 0 Å². The van der Waals surface area contributed by atoms with Gasteiger partial charge in [-0.05, 0) is 50.5 Å². The minimum Gasteiger partial charge on any atom is -0.486 e. The van der Waals surface area contributed by atoms with Gasteiger partial charge in [0.2, 0.25) is 0 Å². The first-order chi connectivity index (χ1) is 17.9. The van der Waals surface area contributed by atoms with E-state index in [0.717, 1.165) is 30.2 Å². The monoisotopic (exact) mass is 537 g/mol. The molecule has 0 saturated carbocycles. The van der Waals surface area contributed by atoms with Gasteiger partial charge >= 0.3 is 5.97 Å². The number of rotatable bonds is 6. The number of hydrogen-bond acceptors (Lipinski definition) is 7. The molecule has 4 heterocycles. The summed E-state index contributed by atoms with van der Waals surface area (Å²) < 4.78 is 14.0. The number of fused-ring (bicyclic) bond motifs is 1. The Morgan fingerprint density at radius 2 is 2.03 bits per heavy atom. The Hall–Kier alpha value is -3.71. The summed E-state index contributed by atoms with van der Waals surface area (Å²) in [6, 6.07) is 8.97. The zero-order valence-corrected chi connectivity index (χ0v) is 21.2. The Balaban J connectivity index is 1.61. The van der Waals surface area contributed by atoms with Crippen LogP contribution in [0.5, 0.6) is 5.75 Å². The minimum absolute atomic E-state index is 0.0513. The molecule has 0 bridgehead atoms. The van der Waals surface area contributed by atoms with Crippen molar-refractivity contribution in [2.45, 2.75) is 38.5 Å². The van der Waals surface area contributed by atoms with Gasteiger partial charge in [-0.25, -0.2) is 14.5 Å². The normalized spacial score (nSPS) is 16.3. The van der Waals surface area contributed by atoms with Gasteiger partial charge in [-0.3, -0.25) is 4.98 Å². The number of carboxylic acids is 1. The lowest BCUT2D eigenvalue weighted by Crippen LogP contribution is -2.19. The Bertz CT molecular complexity index is 1520. The third kappa shape index (κ3) is 4.83. The Labute approximate surface area is 222 Å². The lowest BCUT2D eigenvalue weighted by atomic mass is 10.1. The Kier molecular flexibility index (Phi) is 6.98. The van der Waals surface area contributed by atoms with Gasteiger partial charge in [0.05, 0.1) is 21.1 Å². The molecule has 0 radical (unpaired) electrons. The summed E-state index contributed by atoms with van der Waals surface area (Å²) in [6.07, 6.45) is 6.53. The molecular weight excluding hydrogens is 517 g/mol. The molecule has 1 aliphatic heterocycles. The standard InChI is InChI=1S/C26H21Cl2N5O4/c1-14(23-19(27)12-30-13-20(23)28)37-17-5-6-21-18(9-17)24(32-33(21)22-4-2-3-7-36-22)16-8-15(10-29)25(26(34)35)31-11-16/h5-6,8-9,11-14,22H,2-4,7H2,1H3,(H,34,35)/t14-,22?/m1/s1. The van der Waals surface area contributed by atoms with E-state index >= 15 is 0 Å². The minimum atomic E-state index is -1.27. The van der Waals surface area contributed by atoms with E-state index in [4.69, 9.17) is 37.8 Å². The molecule has 188 valence electrons. The van der Waals surface area contributed by atoms with Gasteiger partial charge in [-0.1, -0.05) is 23.2 Å². The lowest BCUT2D eigenvalue weighted by molar-refractivity contribution is -0.0365. The molecule has 1 aromatic carbocycles. The van der Waals surface area contributed by atoms with Crippen LogP contribution in [0.25, 0.3) is 22.2 Å². The molecule has 0 aliphatic carbocycles. The van der Waals surface area contributed by atoms with Crippen LogP contribution in [-0.2, 0) is 4.74 Å². The van der Waals surface area contributed by atoms with E-state index in [1.807, 2.05) is 35.9 Å². The van der Waals surface area contributed by atoms with Crippen molar-refractivity contribution >= 4 is 40.1 Å². The zero-order chi connectivity index (χ0) is 26.1. The van der Waals surface area contributed by atoms with E-state index in [-0.39, 0.29) is 17.5 Å². The van der Waals surface area contributed by atoms with E-state index in [2.05, 4.69) is 9.97 Å². The number of hydrogen-bond donors (Lipinski definition) is 1. The molecule has 1 fully saturated rings. The highest BCUT2D eigenvalue weighted by Gasteiger charge is 2.24. The van der Waals surface area contributed by atoms with Gasteiger partial charge in [0, 0.05) is 41.7 Å². The topological polar surface area (TPSA) is 123 Å². The average Bonchev–Trinajstić information content (AvgIpc) is 3.27. The van der Waals surface area contributed by atoms with Crippen LogP contribution in [0, 0.1) is 11.3 Å². The number of nitriles is 1. The van der Waals surface area contributed by atoms with Crippen LogP contribution >= 0.6 is 23.2 Å². The molecule has 1 N–H and O–H groups in total. The lowest BCUT2D eigenvalue weighted by Gasteiger charge is -2.23. The van der Waals surface area contributed by atoms with Gasteiger partial charge in [-0.2, -0.15) is 10.4 Å². The molecule has 1 unspecified atom stereocenters. The fourth-order valence-corrected chi connectivity index (χ4v) is 5.14. The second-order valence-electron chi connectivity index (χ2n) is 8.61. The third-order valence-corrected chi connectivity index (χ3v) is 6.80. The van der Waals surface area contributed by atoms with Gasteiger partial charge < -0.3 is 14.6 Å². The number of carbonyl (C=O) groups is 1. The maximum atomic E-state index is 11.5. The predicted octanol–water partition coefficient (Wildman–Crippen LogP) is 6.21. The number of ether oxygens (including phenoxy) is 2. The van der Waals surface area contributed by atoms with E-state index in [0.29, 0.717) is 39.2 Å². The maximum absolute atomic E-state index is 11.5. The number of aromatic carboxylic acids is 1. The van der Waals surface area contributed by atoms with Crippen molar-refractivity contribution < 1.29 is 19.4 Å². The third-order valence-electron chi connectivity index (χ3n) is 6.20. The van der Waals surface area contributed by atoms with E-state index < -0.39 is 12.1 Å².